The highest BCUT2D eigenvalue weighted by Gasteiger charge is 2.19. The Kier molecular flexibility index (Phi) is 6.18. The molecule has 2 amide bonds. The predicted octanol–water partition coefficient (Wildman–Crippen LogP) is 0.281. The first-order valence-corrected chi connectivity index (χ1v) is 10.1. The largest absolute Gasteiger partial charge is 0.343 e. The van der Waals surface area contributed by atoms with Gasteiger partial charge >= 0.3 is 0 Å². The lowest BCUT2D eigenvalue weighted by molar-refractivity contribution is -0.115. The average molecular weight is 429 g/mol. The van der Waals surface area contributed by atoms with Gasteiger partial charge < -0.3 is 10.6 Å². The number of hydrogen-bond acceptors (Lipinski definition) is 7. The second-order valence-electron chi connectivity index (χ2n) is 6.29. The predicted molar refractivity (Wildman–Crippen MR) is 107 cm³/mol. The topological polar surface area (TPSA) is 139 Å². The summed E-state index contributed by atoms with van der Waals surface area (Å²) >= 11 is 0. The Morgan fingerprint density at radius 3 is 2.60 bits per heavy atom. The second kappa shape index (κ2) is 8.80. The first kappa shape index (κ1) is 21.1. The minimum absolute atomic E-state index is 0.0110. The van der Waals surface area contributed by atoms with Gasteiger partial charge in [0.2, 0.25) is 15.9 Å². The summed E-state index contributed by atoms with van der Waals surface area (Å²) in [7, 11) is -0.863. The number of hydrogen-bond donors (Lipinski definition) is 2. The van der Waals surface area contributed by atoms with E-state index in [4.69, 9.17) is 0 Å². The van der Waals surface area contributed by atoms with E-state index in [0.717, 1.165) is 4.31 Å². The van der Waals surface area contributed by atoms with Gasteiger partial charge in [0.1, 0.15) is 12.7 Å². The van der Waals surface area contributed by atoms with Crippen molar-refractivity contribution in [3.63, 3.8) is 0 Å². The van der Waals surface area contributed by atoms with Crippen molar-refractivity contribution in [2.24, 2.45) is 0 Å². The summed E-state index contributed by atoms with van der Waals surface area (Å²) in [5.41, 5.74) is 0.571. The molecule has 3 aromatic rings. The van der Waals surface area contributed by atoms with E-state index >= 15 is 0 Å². The van der Waals surface area contributed by atoms with E-state index in [1.54, 1.807) is 12.1 Å². The van der Waals surface area contributed by atoms with Crippen molar-refractivity contribution in [2.75, 3.05) is 26.0 Å². The maximum atomic E-state index is 12.3. The third kappa shape index (κ3) is 4.85. The van der Waals surface area contributed by atoms with E-state index in [0.29, 0.717) is 11.5 Å². The molecular formula is C18H19N7O4S. The number of carbonyl (C=O) groups excluding carboxylic acids is 2. The molecule has 0 aliphatic heterocycles. The smallest absolute Gasteiger partial charge is 0.251 e. The Labute approximate surface area is 172 Å². The van der Waals surface area contributed by atoms with E-state index in [9.17, 15) is 18.0 Å². The Morgan fingerprint density at radius 1 is 1.17 bits per heavy atom. The van der Waals surface area contributed by atoms with Crippen LogP contribution in [-0.4, -0.2) is 64.9 Å². The van der Waals surface area contributed by atoms with Gasteiger partial charge in [0, 0.05) is 19.7 Å². The van der Waals surface area contributed by atoms with Gasteiger partial charge in [-0.1, -0.05) is 6.07 Å². The fourth-order valence-electron chi connectivity index (χ4n) is 2.40. The quantitative estimate of drug-likeness (QED) is 0.550. The Bertz CT molecular complexity index is 1140. The number of rotatable bonds is 7. The molecule has 0 atom stereocenters. The van der Waals surface area contributed by atoms with Crippen LogP contribution < -0.4 is 10.6 Å². The summed E-state index contributed by atoms with van der Waals surface area (Å²) in [5, 5.41) is 9.02. The zero-order valence-electron chi connectivity index (χ0n) is 16.2. The zero-order valence-corrected chi connectivity index (χ0v) is 17.0. The van der Waals surface area contributed by atoms with Gasteiger partial charge in [0.25, 0.3) is 5.91 Å². The molecule has 30 heavy (non-hydrogen) atoms. The third-order valence-corrected chi connectivity index (χ3v) is 5.78. The fraction of sp³-hybridized carbons (Fsp3) is 0.167. The lowest BCUT2D eigenvalue weighted by Crippen LogP contribution is -2.33. The van der Waals surface area contributed by atoms with Gasteiger partial charge in [-0.05, 0) is 30.3 Å². The van der Waals surface area contributed by atoms with Gasteiger partial charge in [-0.25, -0.2) is 27.4 Å². The van der Waals surface area contributed by atoms with E-state index in [-0.39, 0.29) is 17.0 Å². The Hall–Kier alpha value is -3.64. The van der Waals surface area contributed by atoms with Crippen molar-refractivity contribution in [2.45, 2.75) is 4.90 Å². The van der Waals surface area contributed by atoms with Gasteiger partial charge in [-0.15, -0.1) is 0 Å². The summed E-state index contributed by atoms with van der Waals surface area (Å²) in [6, 6.07) is 8.88. The lowest BCUT2D eigenvalue weighted by Gasteiger charge is -2.12. The first-order chi connectivity index (χ1) is 14.3. The molecule has 0 saturated carbocycles. The number of nitrogens with one attached hydrogen (secondary N) is 2. The summed E-state index contributed by atoms with van der Waals surface area (Å²) in [6.45, 7) is -0.297. The maximum absolute atomic E-state index is 12.3. The molecule has 2 N–H and O–H groups in total. The number of sulfonamides is 1. The van der Waals surface area contributed by atoms with Crippen molar-refractivity contribution in [1.82, 2.24) is 29.4 Å². The molecule has 12 heteroatoms. The van der Waals surface area contributed by atoms with Crippen molar-refractivity contribution in [1.29, 1.82) is 0 Å². The minimum Gasteiger partial charge on any atom is -0.343 e. The number of amides is 2. The molecule has 2 aromatic heterocycles. The number of benzene rings is 1. The summed E-state index contributed by atoms with van der Waals surface area (Å²) in [5.74, 6) is -0.498. The highest BCUT2D eigenvalue weighted by atomic mass is 32.2. The van der Waals surface area contributed by atoms with E-state index in [2.05, 4.69) is 25.7 Å². The number of carbonyl (C=O) groups is 2. The van der Waals surface area contributed by atoms with Gasteiger partial charge in [-0.3, -0.25) is 9.59 Å². The number of anilines is 1. The van der Waals surface area contributed by atoms with Gasteiger partial charge in [0.05, 0.1) is 23.3 Å². The minimum atomic E-state index is -3.67. The molecule has 0 aliphatic rings. The van der Waals surface area contributed by atoms with Crippen molar-refractivity contribution in [3.05, 3.63) is 60.8 Å². The van der Waals surface area contributed by atoms with E-state index in [1.165, 1.54) is 61.9 Å². The van der Waals surface area contributed by atoms with Crippen LogP contribution in [0.5, 0.6) is 0 Å². The lowest BCUT2D eigenvalue weighted by atomic mass is 10.2. The van der Waals surface area contributed by atoms with Crippen molar-refractivity contribution in [3.8, 4) is 5.82 Å². The number of aromatic nitrogens is 4. The summed E-state index contributed by atoms with van der Waals surface area (Å²) in [4.78, 5) is 32.4. The molecule has 0 spiro atoms. The molecule has 0 saturated heterocycles. The molecular weight excluding hydrogens is 410 g/mol. The molecule has 11 nitrogen and oxygen atoms in total. The van der Waals surface area contributed by atoms with Crippen LogP contribution in [0.3, 0.4) is 0 Å². The van der Waals surface area contributed by atoms with Crippen LogP contribution in [0.25, 0.3) is 5.82 Å². The Balaban J connectivity index is 1.58. The number of nitrogens with zero attached hydrogens (tertiary/aromatic N) is 5. The van der Waals surface area contributed by atoms with Crippen LogP contribution in [0.15, 0.2) is 60.1 Å². The van der Waals surface area contributed by atoms with Crippen molar-refractivity contribution < 1.29 is 18.0 Å². The normalized spacial score (nSPS) is 11.3. The molecule has 0 fully saturated rings. The van der Waals surface area contributed by atoms with Crippen LogP contribution in [-0.2, 0) is 14.8 Å². The molecule has 3 rings (SSSR count). The van der Waals surface area contributed by atoms with Gasteiger partial charge in [0.15, 0.2) is 5.82 Å². The molecule has 1 aromatic carbocycles. The van der Waals surface area contributed by atoms with E-state index in [1.807, 2.05) is 0 Å². The molecule has 0 radical (unpaired) electrons. The monoisotopic (exact) mass is 429 g/mol. The maximum Gasteiger partial charge on any atom is 0.251 e. The summed E-state index contributed by atoms with van der Waals surface area (Å²) in [6.07, 6.45) is 4.33. The first-order valence-electron chi connectivity index (χ1n) is 8.69. The van der Waals surface area contributed by atoms with Crippen LogP contribution in [0.4, 0.5) is 5.69 Å². The fourth-order valence-corrected chi connectivity index (χ4v) is 3.35. The highest BCUT2D eigenvalue weighted by molar-refractivity contribution is 7.89. The second-order valence-corrected chi connectivity index (χ2v) is 8.44. The Morgan fingerprint density at radius 2 is 1.97 bits per heavy atom. The number of pyridine rings is 1. The average Bonchev–Trinajstić information content (AvgIpc) is 3.27. The third-order valence-electron chi connectivity index (χ3n) is 3.97. The zero-order chi connectivity index (χ0) is 21.7. The highest BCUT2D eigenvalue weighted by Crippen LogP contribution is 2.15. The standard InChI is InChI=1S/C18H19N7O4S/c1-24(2)30(28,29)15-5-3-4-13(8-15)18(27)21-10-17(26)23-14-6-7-16(20-9-14)25-12-19-11-22-25/h3-9,11-12H,10H2,1-2H3,(H,21,27)(H,23,26). The molecule has 0 unspecified atom stereocenters. The molecule has 2 heterocycles. The molecule has 0 aliphatic carbocycles. The molecule has 156 valence electrons. The SMILES string of the molecule is CN(C)S(=O)(=O)c1cccc(C(=O)NCC(=O)Nc2ccc(-n3cncn3)nc2)c1. The van der Waals surface area contributed by atoms with Crippen molar-refractivity contribution >= 4 is 27.5 Å². The van der Waals surface area contributed by atoms with Gasteiger partial charge in [-0.2, -0.15) is 5.10 Å². The summed E-state index contributed by atoms with van der Waals surface area (Å²) < 4.78 is 26.9. The van der Waals surface area contributed by atoms with Crippen LogP contribution >= 0.6 is 0 Å². The van der Waals surface area contributed by atoms with Crippen LogP contribution in [0.1, 0.15) is 10.4 Å². The van der Waals surface area contributed by atoms with Crippen LogP contribution in [0.2, 0.25) is 0 Å². The molecule has 0 bridgehead atoms. The van der Waals surface area contributed by atoms with Crippen LogP contribution in [0, 0.1) is 0 Å². The van der Waals surface area contributed by atoms with E-state index < -0.39 is 21.8 Å².